The van der Waals surface area contributed by atoms with Gasteiger partial charge >= 0.3 is 5.97 Å². The summed E-state index contributed by atoms with van der Waals surface area (Å²) in [5, 5.41) is 25.1. The molecule has 0 radical (unpaired) electrons. The molecule has 1 aromatic carbocycles. The Morgan fingerprint density at radius 3 is 2.18 bits per heavy atom. The molecule has 2 heterocycles. The number of nitrogens with zero attached hydrogens (tertiary/aromatic N) is 2. The minimum atomic E-state index is -0.855. The van der Waals surface area contributed by atoms with Gasteiger partial charge < -0.3 is 25.7 Å². The van der Waals surface area contributed by atoms with E-state index in [0.29, 0.717) is 12.8 Å². The Labute approximate surface area is 264 Å². The molecule has 1 saturated heterocycles. The minimum Gasteiger partial charge on any atom is -0.481 e. The summed E-state index contributed by atoms with van der Waals surface area (Å²) >= 11 is 1.58. The number of carbonyl (C=O) groups is 4. The number of aliphatic hydroxyl groups excluding tert-OH is 1. The molecular formula is C33H48N4O6S. The number of carboxylic acid groups (broad SMARTS) is 1. The smallest absolute Gasteiger partial charge is 0.303 e. The first-order valence-corrected chi connectivity index (χ1v) is 16.5. The lowest BCUT2D eigenvalue weighted by molar-refractivity contribution is -0.144. The molecule has 4 unspecified atom stereocenters. The Kier molecular flexibility index (Phi) is 12.9. The van der Waals surface area contributed by atoms with Gasteiger partial charge in [0, 0.05) is 25.8 Å². The summed E-state index contributed by atoms with van der Waals surface area (Å²) in [5.41, 5.74) is 4.15. The molecular weight excluding hydrogens is 580 g/mol. The third-order valence-electron chi connectivity index (χ3n) is 8.10. The molecule has 44 heavy (non-hydrogen) atoms. The number of carbonyl (C=O) groups excluding carboxylic acids is 3. The van der Waals surface area contributed by atoms with E-state index in [9.17, 15) is 24.3 Å². The fourth-order valence-corrected chi connectivity index (χ4v) is 6.33. The molecule has 10 nitrogen and oxygen atoms in total. The van der Waals surface area contributed by atoms with Crippen molar-refractivity contribution in [1.82, 2.24) is 20.5 Å². The third kappa shape index (κ3) is 10.1. The number of amides is 3. The average Bonchev–Trinajstić information content (AvgIpc) is 3.57. The fourth-order valence-electron chi connectivity index (χ4n) is 5.52. The van der Waals surface area contributed by atoms with Gasteiger partial charge in [0.25, 0.3) is 0 Å². The molecule has 4 N–H and O–H groups in total. The molecule has 3 rings (SSSR count). The van der Waals surface area contributed by atoms with E-state index in [1.54, 1.807) is 11.3 Å². The largest absolute Gasteiger partial charge is 0.481 e. The van der Waals surface area contributed by atoms with E-state index in [1.165, 1.54) is 4.90 Å². The van der Waals surface area contributed by atoms with E-state index in [4.69, 9.17) is 5.11 Å². The van der Waals surface area contributed by atoms with Crippen molar-refractivity contribution in [3.05, 3.63) is 41.0 Å². The van der Waals surface area contributed by atoms with Crippen LogP contribution in [-0.2, 0) is 19.2 Å². The van der Waals surface area contributed by atoms with Crippen molar-refractivity contribution < 1.29 is 29.4 Å². The number of unbranched alkanes of at least 4 members (excludes halogenated alkanes) is 5. The second kappa shape index (κ2) is 16.1. The van der Waals surface area contributed by atoms with Crippen molar-refractivity contribution in [1.29, 1.82) is 0 Å². The summed E-state index contributed by atoms with van der Waals surface area (Å²) < 4.78 is 0. The van der Waals surface area contributed by atoms with E-state index in [0.717, 1.165) is 47.4 Å². The van der Waals surface area contributed by atoms with Crippen molar-refractivity contribution in [3.8, 4) is 10.4 Å². The van der Waals surface area contributed by atoms with Crippen LogP contribution in [0.2, 0.25) is 0 Å². The van der Waals surface area contributed by atoms with Gasteiger partial charge in [0.05, 0.1) is 28.2 Å². The van der Waals surface area contributed by atoms with E-state index in [-0.39, 0.29) is 49.6 Å². The first kappa shape index (κ1) is 35.2. The molecule has 1 aromatic heterocycles. The van der Waals surface area contributed by atoms with Crippen molar-refractivity contribution in [2.45, 2.75) is 117 Å². The molecule has 11 heteroatoms. The number of thiazole rings is 1. The highest BCUT2D eigenvalue weighted by Gasteiger charge is 2.44. The molecule has 4 atom stereocenters. The number of benzene rings is 1. The zero-order valence-corrected chi connectivity index (χ0v) is 27.4. The molecule has 0 aliphatic carbocycles. The Bertz CT molecular complexity index is 1270. The van der Waals surface area contributed by atoms with Crippen molar-refractivity contribution in [2.24, 2.45) is 5.41 Å². The van der Waals surface area contributed by atoms with Crippen LogP contribution in [0.3, 0.4) is 0 Å². The summed E-state index contributed by atoms with van der Waals surface area (Å²) in [4.78, 5) is 57.5. The lowest BCUT2D eigenvalue weighted by Crippen LogP contribution is -2.57. The van der Waals surface area contributed by atoms with Crippen molar-refractivity contribution in [2.75, 3.05) is 6.54 Å². The van der Waals surface area contributed by atoms with Gasteiger partial charge in [-0.1, -0.05) is 70.7 Å². The molecule has 3 amide bonds. The van der Waals surface area contributed by atoms with E-state index < -0.39 is 29.6 Å². The van der Waals surface area contributed by atoms with Crippen molar-refractivity contribution >= 4 is 35.0 Å². The quantitative estimate of drug-likeness (QED) is 0.203. The van der Waals surface area contributed by atoms with Crippen LogP contribution in [0.15, 0.2) is 29.8 Å². The third-order valence-corrected chi connectivity index (χ3v) is 9.08. The monoisotopic (exact) mass is 628 g/mol. The summed E-state index contributed by atoms with van der Waals surface area (Å²) in [5.74, 6) is -1.72. The molecule has 242 valence electrons. The Balaban J connectivity index is 1.57. The molecule has 0 bridgehead atoms. The van der Waals surface area contributed by atoms with Crippen LogP contribution in [-0.4, -0.2) is 68.5 Å². The molecule has 1 fully saturated rings. The molecule has 0 spiro atoms. The number of rotatable bonds is 15. The first-order valence-electron chi connectivity index (χ1n) is 15.6. The van der Waals surface area contributed by atoms with Crippen LogP contribution in [0.5, 0.6) is 0 Å². The van der Waals surface area contributed by atoms with Gasteiger partial charge in [-0.3, -0.25) is 19.2 Å². The molecule has 1 aliphatic heterocycles. The Morgan fingerprint density at radius 2 is 1.61 bits per heavy atom. The summed E-state index contributed by atoms with van der Waals surface area (Å²) in [6, 6.07) is 5.93. The normalized spacial score (nSPS) is 18.1. The number of aliphatic hydroxyl groups is 1. The highest BCUT2D eigenvalue weighted by atomic mass is 32.1. The number of β-amino-alcohol motifs (C(OH)–C–C–N with tert-alkyl or cyclic N) is 1. The maximum Gasteiger partial charge on any atom is 0.303 e. The maximum absolute atomic E-state index is 13.8. The summed E-state index contributed by atoms with van der Waals surface area (Å²) in [6.07, 6.45) is 4.64. The van der Waals surface area contributed by atoms with E-state index in [2.05, 4.69) is 15.6 Å². The van der Waals surface area contributed by atoms with Crippen molar-refractivity contribution in [3.63, 3.8) is 0 Å². The highest BCUT2D eigenvalue weighted by Crippen LogP contribution is 2.29. The Hall–Kier alpha value is -3.31. The van der Waals surface area contributed by atoms with E-state index in [1.807, 2.05) is 64.4 Å². The fraction of sp³-hybridized carbons (Fsp3) is 0.606. The van der Waals surface area contributed by atoms with Crippen LogP contribution in [0.4, 0.5) is 0 Å². The van der Waals surface area contributed by atoms with Crippen LogP contribution in [0.1, 0.15) is 103 Å². The molecule has 2 aromatic rings. The number of carboxylic acids is 1. The van der Waals surface area contributed by atoms with Crippen LogP contribution in [0.25, 0.3) is 10.4 Å². The van der Waals surface area contributed by atoms with Gasteiger partial charge in [0.2, 0.25) is 17.7 Å². The SMILES string of the molecule is Cc1ncsc1-c1ccc(C(C)NC(=O)C2CC(O)CN2C(=O)C(NC(=O)CCCCCCCCC(=O)O)C(C)(C)C)cc1. The molecule has 1 aliphatic rings. The topological polar surface area (TPSA) is 149 Å². The van der Waals surface area contributed by atoms with E-state index >= 15 is 0 Å². The maximum atomic E-state index is 13.8. The number of aryl methyl sites for hydroxylation is 1. The summed E-state index contributed by atoms with van der Waals surface area (Å²) in [6.45, 7) is 9.49. The number of hydrogen-bond donors (Lipinski definition) is 4. The molecule has 0 saturated carbocycles. The first-order chi connectivity index (χ1) is 20.8. The zero-order chi connectivity index (χ0) is 32.4. The Morgan fingerprint density at radius 1 is 1.00 bits per heavy atom. The number of likely N-dealkylation sites (tertiary alicyclic amines) is 1. The minimum absolute atomic E-state index is 0.0263. The van der Waals surface area contributed by atoms with Gasteiger partial charge in [-0.15, -0.1) is 11.3 Å². The van der Waals surface area contributed by atoms with Crippen LogP contribution in [0, 0.1) is 12.3 Å². The number of nitrogens with one attached hydrogen (secondary N) is 2. The second-order valence-electron chi connectivity index (χ2n) is 12.9. The number of hydrogen-bond acceptors (Lipinski definition) is 7. The summed E-state index contributed by atoms with van der Waals surface area (Å²) in [7, 11) is 0. The van der Waals surface area contributed by atoms with Gasteiger partial charge in [0.15, 0.2) is 0 Å². The lowest BCUT2D eigenvalue weighted by Gasteiger charge is -2.35. The zero-order valence-electron chi connectivity index (χ0n) is 26.6. The van der Waals surface area contributed by atoms with Gasteiger partial charge in [-0.05, 0) is 43.2 Å². The average molecular weight is 629 g/mol. The highest BCUT2D eigenvalue weighted by molar-refractivity contribution is 7.13. The predicted octanol–water partition coefficient (Wildman–Crippen LogP) is 4.99. The van der Waals surface area contributed by atoms with Crippen LogP contribution < -0.4 is 10.6 Å². The number of aromatic nitrogens is 1. The standard InChI is InChI=1S/C33H48N4O6S/c1-21(23-14-16-24(17-15-23)29-22(2)34-20-44-29)35-31(42)26-18-25(38)19-37(26)32(43)30(33(3,4)5)36-27(39)12-10-8-6-7-9-11-13-28(40)41/h14-17,20-21,25-26,30,38H,6-13,18-19H2,1-5H3,(H,35,42)(H,36,39)(H,40,41). The second-order valence-corrected chi connectivity index (χ2v) is 13.8. The predicted molar refractivity (Wildman–Crippen MR) is 171 cm³/mol. The van der Waals surface area contributed by atoms with Gasteiger partial charge in [-0.2, -0.15) is 0 Å². The number of aliphatic carboxylic acids is 1. The van der Waals surface area contributed by atoms with Gasteiger partial charge in [-0.25, -0.2) is 4.98 Å². The van der Waals surface area contributed by atoms with Gasteiger partial charge in [0.1, 0.15) is 12.1 Å². The van der Waals surface area contributed by atoms with Crippen LogP contribution >= 0.6 is 11.3 Å². The lowest BCUT2D eigenvalue weighted by atomic mass is 9.85.